The Morgan fingerprint density at radius 2 is 1.73 bits per heavy atom. The van der Waals surface area contributed by atoms with Gasteiger partial charge >= 0.3 is 5.97 Å². The first kappa shape index (κ1) is 35.7. The maximum Gasteiger partial charge on any atom is 0.322 e. The predicted octanol–water partition coefficient (Wildman–Crippen LogP) is 7.60. The molecule has 7 nitrogen and oxygen atoms in total. The average molecular weight is 609 g/mol. The standard InChI is InChI=1S/C37H56N2O5/c1-24-20-32(3,4)15-17-37(24,14-12-29(41)39-23-30(42)43)18-16-33(5,6)36(10)13-11-27-34(7,8)31(44)26(22-38)21-35(27,9)28(36)19-25(2)40/h19,21,24,27H,11-18,20,23H2,1-10H3,(H,39,41)(H,42,43)/b28-19-/t24?,27-,35-,36+,37+/m0/s1. The van der Waals surface area contributed by atoms with E-state index in [1.807, 2.05) is 19.9 Å². The minimum atomic E-state index is -1.05. The van der Waals surface area contributed by atoms with E-state index in [-0.39, 0.29) is 57.2 Å². The Balaban J connectivity index is 2.00. The van der Waals surface area contributed by atoms with Gasteiger partial charge < -0.3 is 10.4 Å². The molecule has 0 heterocycles. The second kappa shape index (κ2) is 12.2. The Kier molecular flexibility index (Phi) is 9.92. The number of nitrogens with zero attached hydrogens (tertiary/aromatic N) is 1. The minimum Gasteiger partial charge on any atom is -0.480 e. The van der Waals surface area contributed by atoms with E-state index in [2.05, 4.69) is 59.9 Å². The normalized spacial score (nSPS) is 34.0. The molecule has 2 fully saturated rings. The first-order chi connectivity index (χ1) is 20.1. The largest absolute Gasteiger partial charge is 0.480 e. The molecule has 0 aliphatic heterocycles. The van der Waals surface area contributed by atoms with E-state index >= 15 is 0 Å². The summed E-state index contributed by atoms with van der Waals surface area (Å²) in [5.74, 6) is -1.04. The smallest absolute Gasteiger partial charge is 0.322 e. The van der Waals surface area contributed by atoms with Crippen LogP contribution in [0.25, 0.3) is 0 Å². The van der Waals surface area contributed by atoms with Gasteiger partial charge in [0.1, 0.15) is 12.6 Å². The van der Waals surface area contributed by atoms with Gasteiger partial charge in [0.25, 0.3) is 0 Å². The third kappa shape index (κ3) is 6.60. The summed E-state index contributed by atoms with van der Waals surface area (Å²) in [6.07, 6.45) is 11.3. The molecule has 7 heteroatoms. The molecule has 5 atom stereocenters. The molecule has 0 aromatic rings. The first-order valence-electron chi connectivity index (χ1n) is 16.5. The Morgan fingerprint density at radius 3 is 2.27 bits per heavy atom. The lowest BCUT2D eigenvalue weighted by molar-refractivity contribution is -0.138. The van der Waals surface area contributed by atoms with E-state index in [1.54, 1.807) is 13.0 Å². The molecule has 0 aromatic heterocycles. The summed E-state index contributed by atoms with van der Waals surface area (Å²) >= 11 is 0. The number of amides is 1. The summed E-state index contributed by atoms with van der Waals surface area (Å²) in [5.41, 5.74) is -0.546. The number of nitriles is 1. The van der Waals surface area contributed by atoms with Crippen molar-refractivity contribution in [1.29, 1.82) is 5.26 Å². The fraction of sp³-hybridized carbons (Fsp3) is 0.757. The van der Waals surface area contributed by atoms with Crippen LogP contribution in [0.5, 0.6) is 0 Å². The van der Waals surface area contributed by atoms with E-state index in [4.69, 9.17) is 5.11 Å². The lowest BCUT2D eigenvalue weighted by Gasteiger charge is -2.61. The number of carbonyl (C=O) groups excluding carboxylic acids is 3. The second-order valence-corrected chi connectivity index (χ2v) is 16.8. The molecule has 244 valence electrons. The minimum absolute atomic E-state index is 0.0228. The van der Waals surface area contributed by atoms with Gasteiger partial charge in [-0.3, -0.25) is 19.2 Å². The Morgan fingerprint density at radius 1 is 1.09 bits per heavy atom. The summed E-state index contributed by atoms with van der Waals surface area (Å²) in [5, 5.41) is 21.5. The molecule has 1 amide bonds. The van der Waals surface area contributed by atoms with Gasteiger partial charge in [-0.05, 0) is 97.9 Å². The number of carboxylic acid groups (broad SMARTS) is 1. The zero-order chi connectivity index (χ0) is 33.5. The number of allylic oxidation sites excluding steroid dienone is 4. The number of fused-ring (bicyclic) bond motifs is 1. The molecule has 2 N–H and O–H groups in total. The molecule has 3 aliphatic rings. The third-order valence-electron chi connectivity index (χ3n) is 12.7. The van der Waals surface area contributed by atoms with Crippen molar-refractivity contribution >= 4 is 23.4 Å². The molecule has 0 aromatic carbocycles. The SMILES string of the molecule is CC(=O)/C=C1/[C@@]2(C)C=C(C#N)C(=O)C(C)(C)[C@@H]2CC[C@@]1(C)C(C)(C)CC[C@@]1(CCC(=O)NCC(=O)O)CCC(C)(C)CC1C. The van der Waals surface area contributed by atoms with Crippen LogP contribution in [0.3, 0.4) is 0 Å². The lowest BCUT2D eigenvalue weighted by Crippen LogP contribution is -2.56. The van der Waals surface area contributed by atoms with Crippen LogP contribution in [-0.4, -0.2) is 35.1 Å². The van der Waals surface area contributed by atoms with Crippen molar-refractivity contribution in [2.45, 2.75) is 127 Å². The number of carboxylic acids is 1. The van der Waals surface area contributed by atoms with E-state index in [9.17, 15) is 24.4 Å². The molecule has 1 unspecified atom stereocenters. The molecule has 44 heavy (non-hydrogen) atoms. The zero-order valence-electron chi connectivity index (χ0n) is 28.9. The number of carbonyl (C=O) groups is 4. The molecule has 0 radical (unpaired) electrons. The van der Waals surface area contributed by atoms with Crippen molar-refractivity contribution in [3.05, 3.63) is 23.3 Å². The van der Waals surface area contributed by atoms with Crippen LogP contribution in [0.1, 0.15) is 127 Å². The highest BCUT2D eigenvalue weighted by Crippen LogP contribution is 2.67. The van der Waals surface area contributed by atoms with Crippen LogP contribution < -0.4 is 5.32 Å². The Hall–Kier alpha value is -2.75. The number of hydrogen-bond acceptors (Lipinski definition) is 5. The van der Waals surface area contributed by atoms with Crippen LogP contribution in [0, 0.1) is 55.7 Å². The molecule has 0 bridgehead atoms. The van der Waals surface area contributed by atoms with Crippen molar-refractivity contribution in [3.63, 3.8) is 0 Å². The summed E-state index contributed by atoms with van der Waals surface area (Å²) < 4.78 is 0. The monoisotopic (exact) mass is 608 g/mol. The van der Waals surface area contributed by atoms with Crippen molar-refractivity contribution in [2.24, 2.45) is 44.3 Å². The third-order valence-corrected chi connectivity index (χ3v) is 12.7. The van der Waals surface area contributed by atoms with Gasteiger partial charge in [0.15, 0.2) is 11.6 Å². The molecule has 2 saturated carbocycles. The highest BCUT2D eigenvalue weighted by molar-refractivity contribution is 6.04. The summed E-state index contributed by atoms with van der Waals surface area (Å²) in [6.45, 7) is 21.0. The van der Waals surface area contributed by atoms with E-state index in [0.717, 1.165) is 50.5 Å². The highest BCUT2D eigenvalue weighted by Gasteiger charge is 2.61. The number of nitrogens with one attached hydrogen (secondary N) is 1. The maximum absolute atomic E-state index is 13.3. The van der Waals surface area contributed by atoms with Crippen molar-refractivity contribution in [1.82, 2.24) is 5.32 Å². The molecule has 3 rings (SSSR count). The van der Waals surface area contributed by atoms with Crippen molar-refractivity contribution in [2.75, 3.05) is 6.54 Å². The van der Waals surface area contributed by atoms with Gasteiger partial charge in [-0.25, -0.2) is 0 Å². The van der Waals surface area contributed by atoms with Crippen LogP contribution in [0.15, 0.2) is 23.3 Å². The van der Waals surface area contributed by atoms with Crippen molar-refractivity contribution in [3.8, 4) is 6.07 Å². The quantitative estimate of drug-likeness (QED) is 0.246. The number of ketones is 2. The predicted molar refractivity (Wildman–Crippen MR) is 172 cm³/mol. The summed E-state index contributed by atoms with van der Waals surface area (Å²) in [4.78, 5) is 49.8. The van der Waals surface area contributed by atoms with Gasteiger partial charge in [0, 0.05) is 17.3 Å². The second-order valence-electron chi connectivity index (χ2n) is 16.8. The first-order valence-corrected chi connectivity index (χ1v) is 16.5. The van der Waals surface area contributed by atoms with Crippen molar-refractivity contribution < 1.29 is 24.3 Å². The molecule has 0 saturated heterocycles. The summed E-state index contributed by atoms with van der Waals surface area (Å²) in [7, 11) is 0. The number of rotatable bonds is 10. The molecular formula is C37H56N2O5. The molecule has 0 spiro atoms. The highest BCUT2D eigenvalue weighted by atomic mass is 16.4. The van der Waals surface area contributed by atoms with E-state index < -0.39 is 16.8 Å². The van der Waals surface area contributed by atoms with Crippen LogP contribution in [0.2, 0.25) is 0 Å². The van der Waals surface area contributed by atoms with E-state index in [0.29, 0.717) is 18.8 Å². The van der Waals surface area contributed by atoms with Crippen LogP contribution >= 0.6 is 0 Å². The van der Waals surface area contributed by atoms with E-state index in [1.165, 1.54) is 0 Å². The zero-order valence-corrected chi connectivity index (χ0v) is 28.9. The lowest BCUT2D eigenvalue weighted by atomic mass is 9.42. The fourth-order valence-corrected chi connectivity index (χ4v) is 9.42. The average Bonchev–Trinajstić information content (AvgIpc) is 2.90. The topological polar surface area (TPSA) is 124 Å². The van der Waals surface area contributed by atoms with Gasteiger partial charge in [-0.1, -0.05) is 74.0 Å². The van der Waals surface area contributed by atoms with Crippen LogP contribution in [0.4, 0.5) is 0 Å². The van der Waals surface area contributed by atoms with Gasteiger partial charge in [-0.15, -0.1) is 0 Å². The fourth-order valence-electron chi connectivity index (χ4n) is 9.42. The number of Topliss-reactive ketones (excluding diaryl/α,β-unsaturated/α-hetero) is 1. The maximum atomic E-state index is 13.3. The molecular weight excluding hydrogens is 552 g/mol. The van der Waals surface area contributed by atoms with Gasteiger partial charge in [-0.2, -0.15) is 5.26 Å². The van der Waals surface area contributed by atoms with Crippen LogP contribution in [-0.2, 0) is 19.2 Å². The molecule has 3 aliphatic carbocycles. The number of hydrogen-bond donors (Lipinski definition) is 2. The number of aliphatic carboxylic acids is 1. The Bertz CT molecular complexity index is 1300. The van der Waals surface area contributed by atoms with Gasteiger partial charge in [0.2, 0.25) is 5.91 Å². The summed E-state index contributed by atoms with van der Waals surface area (Å²) in [6, 6.07) is 2.16. The Labute approximate surface area is 265 Å². The van der Waals surface area contributed by atoms with Gasteiger partial charge in [0.05, 0.1) is 5.57 Å².